The van der Waals surface area contributed by atoms with Gasteiger partial charge in [0, 0.05) is 30.8 Å². The molecule has 3 rings (SSSR count). The third-order valence-corrected chi connectivity index (χ3v) is 4.86. The summed E-state index contributed by atoms with van der Waals surface area (Å²) in [7, 11) is 1.52. The largest absolute Gasteiger partial charge is 0.508 e. The van der Waals surface area contributed by atoms with E-state index in [4.69, 9.17) is 0 Å². The summed E-state index contributed by atoms with van der Waals surface area (Å²) in [6.07, 6.45) is -0.0485. The topological polar surface area (TPSA) is 69.6 Å². The van der Waals surface area contributed by atoms with Gasteiger partial charge in [-0.25, -0.2) is 8.78 Å². The first kappa shape index (κ1) is 22.0. The average Bonchev–Trinajstić information content (AvgIpc) is 2.76. The van der Waals surface area contributed by atoms with Crippen LogP contribution in [0.1, 0.15) is 33.9 Å². The number of hydrogen-bond acceptors (Lipinski definition) is 3. The Balaban J connectivity index is 1.74. The number of amides is 2. The van der Waals surface area contributed by atoms with Crippen LogP contribution in [0.15, 0.2) is 72.8 Å². The first-order valence-corrected chi connectivity index (χ1v) is 9.66. The molecule has 0 radical (unpaired) electrons. The summed E-state index contributed by atoms with van der Waals surface area (Å²) in [6, 6.07) is 17.4. The van der Waals surface area contributed by atoms with Gasteiger partial charge in [0.25, 0.3) is 5.91 Å². The summed E-state index contributed by atoms with van der Waals surface area (Å²) in [5.74, 6) is -2.07. The highest BCUT2D eigenvalue weighted by Gasteiger charge is 2.22. The van der Waals surface area contributed by atoms with Gasteiger partial charge in [0.1, 0.15) is 17.4 Å². The summed E-state index contributed by atoms with van der Waals surface area (Å²) in [4.78, 5) is 26.8. The van der Waals surface area contributed by atoms with E-state index in [1.165, 1.54) is 42.3 Å². The van der Waals surface area contributed by atoms with Crippen molar-refractivity contribution in [1.82, 2.24) is 10.2 Å². The van der Waals surface area contributed by atoms with Gasteiger partial charge < -0.3 is 15.3 Å². The summed E-state index contributed by atoms with van der Waals surface area (Å²) in [6.45, 7) is -0.0294. The second kappa shape index (κ2) is 9.84. The van der Waals surface area contributed by atoms with E-state index in [1.807, 2.05) is 6.07 Å². The van der Waals surface area contributed by atoms with E-state index < -0.39 is 23.6 Å². The maximum absolute atomic E-state index is 13.9. The van der Waals surface area contributed by atoms with Crippen molar-refractivity contribution >= 4 is 11.8 Å². The van der Waals surface area contributed by atoms with Gasteiger partial charge in [-0.2, -0.15) is 0 Å². The Labute approximate surface area is 178 Å². The number of halogens is 2. The van der Waals surface area contributed by atoms with E-state index in [0.717, 1.165) is 17.7 Å². The van der Waals surface area contributed by atoms with Crippen LogP contribution in [0.5, 0.6) is 5.75 Å². The van der Waals surface area contributed by atoms with Gasteiger partial charge in [-0.3, -0.25) is 9.59 Å². The molecule has 0 bridgehead atoms. The van der Waals surface area contributed by atoms with Crippen molar-refractivity contribution in [3.8, 4) is 5.75 Å². The molecule has 0 fully saturated rings. The normalized spacial score (nSPS) is 11.6. The van der Waals surface area contributed by atoms with Gasteiger partial charge in [0.15, 0.2) is 0 Å². The van der Waals surface area contributed by atoms with Gasteiger partial charge in [0.05, 0.1) is 12.5 Å². The highest BCUT2D eigenvalue weighted by molar-refractivity contribution is 5.95. The van der Waals surface area contributed by atoms with Crippen LogP contribution in [0, 0.1) is 11.6 Å². The van der Waals surface area contributed by atoms with E-state index in [-0.39, 0.29) is 30.2 Å². The van der Waals surface area contributed by atoms with Gasteiger partial charge in [0.2, 0.25) is 5.91 Å². The SMILES string of the molecule is CN(Cc1ccc(F)cc1F)C(=O)C[C@@H](NC(=O)c1ccc(O)cc1)c1ccccc1. The fraction of sp³-hybridized carbons (Fsp3) is 0.167. The first-order valence-electron chi connectivity index (χ1n) is 9.66. The lowest BCUT2D eigenvalue weighted by atomic mass is 10.0. The van der Waals surface area contributed by atoms with Crippen LogP contribution >= 0.6 is 0 Å². The number of carbonyl (C=O) groups is 2. The third-order valence-electron chi connectivity index (χ3n) is 4.86. The van der Waals surface area contributed by atoms with Crippen LogP contribution in [0.4, 0.5) is 8.78 Å². The molecule has 160 valence electrons. The molecule has 31 heavy (non-hydrogen) atoms. The Morgan fingerprint density at radius 1 is 1.00 bits per heavy atom. The minimum atomic E-state index is -0.722. The van der Waals surface area contributed by atoms with Gasteiger partial charge in [-0.1, -0.05) is 36.4 Å². The molecule has 0 heterocycles. The molecule has 0 aliphatic carbocycles. The Bertz CT molecular complexity index is 1060. The lowest BCUT2D eigenvalue weighted by molar-refractivity contribution is -0.131. The van der Waals surface area contributed by atoms with Crippen molar-refractivity contribution in [1.29, 1.82) is 0 Å². The number of rotatable bonds is 7. The molecule has 2 N–H and O–H groups in total. The Morgan fingerprint density at radius 2 is 1.68 bits per heavy atom. The van der Waals surface area contributed by atoms with Gasteiger partial charge in [-0.15, -0.1) is 0 Å². The zero-order valence-electron chi connectivity index (χ0n) is 16.9. The average molecular weight is 424 g/mol. The van der Waals surface area contributed by atoms with Crippen LogP contribution in [-0.2, 0) is 11.3 Å². The van der Waals surface area contributed by atoms with E-state index in [1.54, 1.807) is 24.3 Å². The van der Waals surface area contributed by atoms with Crippen LogP contribution in [0.2, 0.25) is 0 Å². The van der Waals surface area contributed by atoms with Crippen molar-refractivity contribution < 1.29 is 23.5 Å². The quantitative estimate of drug-likeness (QED) is 0.598. The molecule has 0 spiro atoms. The van der Waals surface area contributed by atoms with Crippen LogP contribution in [0.25, 0.3) is 0 Å². The fourth-order valence-corrected chi connectivity index (χ4v) is 3.12. The maximum atomic E-state index is 13.9. The van der Waals surface area contributed by atoms with Crippen molar-refractivity contribution in [2.75, 3.05) is 7.05 Å². The molecule has 0 unspecified atom stereocenters. The standard InChI is InChI=1S/C24H22F2N2O3/c1-28(15-18-7-10-19(25)13-21(18)26)23(30)14-22(16-5-3-2-4-6-16)27-24(31)17-8-11-20(29)12-9-17/h2-13,22,29H,14-15H2,1H3,(H,27,31)/t22-/m1/s1. The van der Waals surface area contributed by atoms with Crippen molar-refractivity contribution in [2.45, 2.75) is 19.0 Å². The highest BCUT2D eigenvalue weighted by Crippen LogP contribution is 2.20. The van der Waals surface area contributed by atoms with E-state index in [9.17, 15) is 23.5 Å². The molecular formula is C24H22F2N2O3. The molecule has 3 aromatic rings. The molecule has 1 atom stereocenters. The smallest absolute Gasteiger partial charge is 0.251 e. The highest BCUT2D eigenvalue weighted by atomic mass is 19.1. The number of phenols is 1. The van der Waals surface area contributed by atoms with Gasteiger partial charge >= 0.3 is 0 Å². The molecule has 7 heteroatoms. The van der Waals surface area contributed by atoms with Crippen molar-refractivity contribution in [3.63, 3.8) is 0 Å². The maximum Gasteiger partial charge on any atom is 0.251 e. The molecule has 5 nitrogen and oxygen atoms in total. The minimum Gasteiger partial charge on any atom is -0.508 e. The number of hydrogen-bond donors (Lipinski definition) is 2. The molecule has 3 aromatic carbocycles. The molecule has 0 aliphatic rings. The van der Waals surface area contributed by atoms with Crippen molar-refractivity contribution in [3.05, 3.63) is 101 Å². The predicted octanol–water partition coefficient (Wildman–Crippen LogP) is 4.19. The summed E-state index contributed by atoms with van der Waals surface area (Å²) >= 11 is 0. The first-order chi connectivity index (χ1) is 14.8. The van der Waals surface area contributed by atoms with Crippen LogP contribution in [0.3, 0.4) is 0 Å². The fourth-order valence-electron chi connectivity index (χ4n) is 3.12. The molecule has 0 aliphatic heterocycles. The van der Waals surface area contributed by atoms with E-state index >= 15 is 0 Å². The summed E-state index contributed by atoms with van der Waals surface area (Å²) in [5.41, 5.74) is 1.28. The second-order valence-corrected chi connectivity index (χ2v) is 7.17. The number of carbonyl (C=O) groups excluding carboxylic acids is 2. The number of aromatic hydroxyl groups is 1. The Hall–Kier alpha value is -3.74. The van der Waals surface area contributed by atoms with Crippen molar-refractivity contribution in [2.24, 2.45) is 0 Å². The second-order valence-electron chi connectivity index (χ2n) is 7.17. The number of phenolic OH excluding ortho intramolecular Hbond substituents is 1. The Morgan fingerprint density at radius 3 is 2.32 bits per heavy atom. The molecule has 0 saturated carbocycles. The Kier molecular flexibility index (Phi) is 6.97. The lowest BCUT2D eigenvalue weighted by Crippen LogP contribution is -2.34. The summed E-state index contributed by atoms with van der Waals surface area (Å²) < 4.78 is 27.0. The van der Waals surface area contributed by atoms with Crippen LogP contribution in [-0.4, -0.2) is 28.9 Å². The van der Waals surface area contributed by atoms with E-state index in [0.29, 0.717) is 5.56 Å². The monoisotopic (exact) mass is 424 g/mol. The minimum absolute atomic E-state index is 0.0294. The zero-order chi connectivity index (χ0) is 22.4. The molecule has 0 aromatic heterocycles. The summed E-state index contributed by atoms with van der Waals surface area (Å²) in [5, 5.41) is 12.3. The molecule has 0 saturated heterocycles. The number of nitrogens with one attached hydrogen (secondary N) is 1. The third kappa shape index (κ3) is 5.88. The predicted molar refractivity (Wildman–Crippen MR) is 112 cm³/mol. The molecular weight excluding hydrogens is 402 g/mol. The lowest BCUT2D eigenvalue weighted by Gasteiger charge is -2.23. The zero-order valence-corrected chi connectivity index (χ0v) is 16.9. The number of benzene rings is 3. The van der Waals surface area contributed by atoms with Gasteiger partial charge in [-0.05, 0) is 35.9 Å². The van der Waals surface area contributed by atoms with E-state index in [2.05, 4.69) is 5.32 Å². The number of nitrogens with zero attached hydrogens (tertiary/aromatic N) is 1. The molecule has 2 amide bonds. The van der Waals surface area contributed by atoms with Crippen LogP contribution < -0.4 is 5.32 Å².